The monoisotopic (exact) mass is 308 g/mol. The number of benzene rings is 2. The van der Waals surface area contributed by atoms with Crippen LogP contribution in [0, 0.1) is 5.82 Å². The minimum absolute atomic E-state index is 0.292. The molecule has 2 N–H and O–H groups in total. The van der Waals surface area contributed by atoms with Gasteiger partial charge in [0.15, 0.2) is 0 Å². The number of rotatable bonds is 4. The number of hydrogen-bond donors (Lipinski definition) is 2. The molecule has 0 fully saturated rings. The van der Waals surface area contributed by atoms with Gasteiger partial charge in [0.2, 0.25) is 0 Å². The Morgan fingerprint density at radius 2 is 1.96 bits per heavy atom. The molecule has 2 aromatic carbocycles. The van der Waals surface area contributed by atoms with E-state index in [1.807, 2.05) is 30.3 Å². The van der Waals surface area contributed by atoms with Crippen LogP contribution in [0.2, 0.25) is 0 Å². The highest BCUT2D eigenvalue weighted by Gasteiger charge is 2.09. The number of nitrogens with zero attached hydrogens (tertiary/aromatic N) is 2. The first kappa shape index (κ1) is 14.6. The van der Waals surface area contributed by atoms with Crippen molar-refractivity contribution >= 4 is 12.1 Å². The molecule has 6 heteroatoms. The number of hydrogen-bond acceptors (Lipinski definition) is 3. The van der Waals surface area contributed by atoms with E-state index in [1.54, 1.807) is 18.2 Å². The number of nitrogens with one attached hydrogen (secondary N) is 2. The third-order valence-electron chi connectivity index (χ3n) is 3.12. The minimum Gasteiger partial charge on any atom is -0.272 e. The number of halogens is 1. The number of aromatic nitrogens is 2. The molecule has 1 aromatic heterocycles. The van der Waals surface area contributed by atoms with E-state index in [9.17, 15) is 9.18 Å². The Morgan fingerprint density at radius 1 is 1.13 bits per heavy atom. The molecular weight excluding hydrogens is 295 g/mol. The molecule has 3 rings (SSSR count). The Labute approximate surface area is 131 Å². The van der Waals surface area contributed by atoms with Crippen LogP contribution in [0.15, 0.2) is 65.8 Å². The van der Waals surface area contributed by atoms with E-state index in [4.69, 9.17) is 0 Å². The van der Waals surface area contributed by atoms with Crippen LogP contribution in [0.3, 0.4) is 0 Å². The molecule has 5 nitrogen and oxygen atoms in total. The molecule has 0 radical (unpaired) electrons. The average Bonchev–Trinajstić information content (AvgIpc) is 3.06. The summed E-state index contributed by atoms with van der Waals surface area (Å²) in [4.78, 5) is 12.0. The van der Waals surface area contributed by atoms with E-state index in [0.717, 1.165) is 5.56 Å². The minimum atomic E-state index is -0.424. The van der Waals surface area contributed by atoms with Crippen molar-refractivity contribution in [3.05, 3.63) is 77.7 Å². The van der Waals surface area contributed by atoms with Gasteiger partial charge in [-0.15, -0.1) is 0 Å². The van der Waals surface area contributed by atoms with E-state index in [2.05, 4.69) is 20.7 Å². The number of amides is 1. The molecule has 3 aromatic rings. The second kappa shape index (κ2) is 6.65. The van der Waals surface area contributed by atoms with Crippen molar-refractivity contribution in [2.45, 2.75) is 0 Å². The quantitative estimate of drug-likeness (QED) is 0.574. The van der Waals surface area contributed by atoms with Crippen LogP contribution in [0.5, 0.6) is 0 Å². The normalized spacial score (nSPS) is 10.8. The van der Waals surface area contributed by atoms with Crippen LogP contribution in [0.4, 0.5) is 4.39 Å². The van der Waals surface area contributed by atoms with Crippen LogP contribution < -0.4 is 5.43 Å². The van der Waals surface area contributed by atoms with E-state index < -0.39 is 5.91 Å². The highest BCUT2D eigenvalue weighted by atomic mass is 19.1. The number of hydrazone groups is 1. The number of carbonyl (C=O) groups is 1. The molecule has 0 spiro atoms. The topological polar surface area (TPSA) is 70.1 Å². The first-order valence-corrected chi connectivity index (χ1v) is 6.92. The second-order valence-corrected chi connectivity index (χ2v) is 4.79. The molecular formula is C17H13FN4O. The number of aromatic amines is 1. The highest BCUT2D eigenvalue weighted by molar-refractivity contribution is 5.94. The van der Waals surface area contributed by atoms with Crippen LogP contribution in [-0.2, 0) is 0 Å². The summed E-state index contributed by atoms with van der Waals surface area (Å²) in [5.41, 5.74) is 4.80. The van der Waals surface area contributed by atoms with Gasteiger partial charge in [-0.25, -0.2) is 9.82 Å². The van der Waals surface area contributed by atoms with Crippen molar-refractivity contribution in [3.63, 3.8) is 0 Å². The molecule has 0 bridgehead atoms. The molecule has 0 unspecified atom stereocenters. The van der Waals surface area contributed by atoms with E-state index in [1.165, 1.54) is 18.3 Å². The molecule has 0 aliphatic rings. The third-order valence-corrected chi connectivity index (χ3v) is 3.12. The lowest BCUT2D eigenvalue weighted by Gasteiger charge is -1.96. The zero-order valence-corrected chi connectivity index (χ0v) is 12.0. The summed E-state index contributed by atoms with van der Waals surface area (Å²) in [6.45, 7) is 0. The van der Waals surface area contributed by atoms with Crippen molar-refractivity contribution in [1.29, 1.82) is 0 Å². The van der Waals surface area contributed by atoms with Gasteiger partial charge in [-0.2, -0.15) is 10.2 Å². The van der Waals surface area contributed by atoms with Gasteiger partial charge in [0.05, 0.1) is 11.9 Å². The largest absolute Gasteiger partial charge is 0.289 e. The summed E-state index contributed by atoms with van der Waals surface area (Å²) in [5.74, 6) is -0.784. The summed E-state index contributed by atoms with van der Waals surface area (Å²) in [5, 5.41) is 10.6. The predicted molar refractivity (Wildman–Crippen MR) is 85.5 cm³/mol. The Balaban J connectivity index is 1.66. The first-order chi connectivity index (χ1) is 11.2. The molecule has 23 heavy (non-hydrogen) atoms. The summed E-state index contributed by atoms with van der Waals surface area (Å²) in [6, 6.07) is 17.1. The maximum Gasteiger partial charge on any atom is 0.289 e. The smallest absolute Gasteiger partial charge is 0.272 e. The van der Waals surface area contributed by atoms with Crippen molar-refractivity contribution in [2.24, 2.45) is 5.10 Å². The SMILES string of the molecule is O=C(N/N=C\c1cccc(F)c1)c1cc(-c2ccccc2)n[nH]1. The summed E-state index contributed by atoms with van der Waals surface area (Å²) in [6.07, 6.45) is 1.37. The Bertz CT molecular complexity index is 843. The fraction of sp³-hybridized carbons (Fsp3) is 0. The van der Waals surface area contributed by atoms with Crippen molar-refractivity contribution in [3.8, 4) is 11.3 Å². The van der Waals surface area contributed by atoms with Crippen molar-refractivity contribution in [1.82, 2.24) is 15.6 Å². The standard InChI is InChI=1S/C17H13FN4O/c18-14-8-4-5-12(9-14)11-19-22-17(23)16-10-15(20-21-16)13-6-2-1-3-7-13/h1-11H,(H,20,21)(H,22,23)/b19-11-. The van der Waals surface area contributed by atoms with Crippen molar-refractivity contribution in [2.75, 3.05) is 0 Å². The molecule has 0 atom stereocenters. The van der Waals surface area contributed by atoms with Gasteiger partial charge in [0, 0.05) is 5.56 Å². The van der Waals surface area contributed by atoms with Gasteiger partial charge in [0.1, 0.15) is 11.5 Å². The Hall–Kier alpha value is -3.28. The van der Waals surface area contributed by atoms with Crippen molar-refractivity contribution < 1.29 is 9.18 Å². The average molecular weight is 308 g/mol. The van der Waals surface area contributed by atoms with E-state index in [0.29, 0.717) is 17.0 Å². The van der Waals surface area contributed by atoms with Crippen LogP contribution in [-0.4, -0.2) is 22.3 Å². The lowest BCUT2D eigenvalue weighted by atomic mass is 10.1. The Kier molecular flexibility index (Phi) is 4.24. The van der Waals surface area contributed by atoms with Gasteiger partial charge in [-0.05, 0) is 23.8 Å². The zero-order valence-electron chi connectivity index (χ0n) is 12.0. The predicted octanol–water partition coefficient (Wildman–Crippen LogP) is 2.98. The molecule has 1 heterocycles. The number of carbonyl (C=O) groups excluding carboxylic acids is 1. The van der Waals surface area contributed by atoms with Gasteiger partial charge < -0.3 is 0 Å². The maximum absolute atomic E-state index is 13.0. The maximum atomic E-state index is 13.0. The van der Waals surface area contributed by atoms with Gasteiger partial charge >= 0.3 is 0 Å². The first-order valence-electron chi connectivity index (χ1n) is 6.92. The molecule has 0 aliphatic heterocycles. The molecule has 114 valence electrons. The summed E-state index contributed by atoms with van der Waals surface area (Å²) in [7, 11) is 0. The summed E-state index contributed by atoms with van der Waals surface area (Å²) >= 11 is 0. The second-order valence-electron chi connectivity index (χ2n) is 4.79. The fourth-order valence-corrected chi connectivity index (χ4v) is 2.01. The highest BCUT2D eigenvalue weighted by Crippen LogP contribution is 2.16. The zero-order chi connectivity index (χ0) is 16.1. The third kappa shape index (κ3) is 3.68. The molecule has 1 amide bonds. The van der Waals surface area contributed by atoms with Crippen LogP contribution in [0.25, 0.3) is 11.3 Å². The lowest BCUT2D eigenvalue weighted by molar-refractivity contribution is 0.0950. The van der Waals surface area contributed by atoms with Gasteiger partial charge in [-0.3, -0.25) is 9.89 Å². The number of H-pyrrole nitrogens is 1. The van der Waals surface area contributed by atoms with E-state index in [-0.39, 0.29) is 5.82 Å². The summed E-state index contributed by atoms with van der Waals surface area (Å²) < 4.78 is 13.0. The fourth-order valence-electron chi connectivity index (χ4n) is 2.01. The van der Waals surface area contributed by atoms with Gasteiger partial charge in [-0.1, -0.05) is 42.5 Å². The Morgan fingerprint density at radius 3 is 2.74 bits per heavy atom. The van der Waals surface area contributed by atoms with E-state index >= 15 is 0 Å². The molecule has 0 aliphatic carbocycles. The lowest BCUT2D eigenvalue weighted by Crippen LogP contribution is -2.18. The van der Waals surface area contributed by atoms with Crippen LogP contribution in [0.1, 0.15) is 16.1 Å². The molecule has 0 saturated carbocycles. The molecule has 0 saturated heterocycles. The van der Waals surface area contributed by atoms with Crippen LogP contribution >= 0.6 is 0 Å². The van der Waals surface area contributed by atoms with Gasteiger partial charge in [0.25, 0.3) is 5.91 Å².